The maximum atomic E-state index is 12.0. The van der Waals surface area contributed by atoms with Crippen molar-refractivity contribution in [1.29, 1.82) is 0 Å². The smallest absolute Gasteiger partial charge is 0.407 e. The summed E-state index contributed by atoms with van der Waals surface area (Å²) in [5.74, 6) is 2.09. The monoisotopic (exact) mass is 547 g/mol. The molecular weight excluding hydrogens is 510 g/mol. The Morgan fingerprint density at radius 2 is 1.93 bits per heavy atom. The lowest BCUT2D eigenvalue weighted by Gasteiger charge is -2.35. The second-order valence-electron chi connectivity index (χ2n) is 11.9. The maximum Gasteiger partial charge on any atom is 0.407 e. The zero-order valence-corrected chi connectivity index (χ0v) is 23.8. The SMILES string of the molecule is CN1CCC(N(C)c2nccc3oc(-c4cnc5ccc(OC6CC(NC(=O)OC(C)(C)C)C6)nn45)cc23)CC1. The van der Waals surface area contributed by atoms with Crippen LogP contribution in [-0.2, 0) is 4.74 Å². The van der Waals surface area contributed by atoms with Crippen molar-refractivity contribution >= 4 is 28.5 Å². The lowest BCUT2D eigenvalue weighted by molar-refractivity contribution is 0.0352. The van der Waals surface area contributed by atoms with Crippen LogP contribution in [0.1, 0.15) is 46.5 Å². The Hall–Kier alpha value is -3.86. The number of pyridine rings is 1. The van der Waals surface area contributed by atoms with Crippen LogP contribution in [0, 0.1) is 0 Å². The van der Waals surface area contributed by atoms with Gasteiger partial charge in [-0.2, -0.15) is 0 Å². The van der Waals surface area contributed by atoms with Crippen LogP contribution in [0.25, 0.3) is 28.1 Å². The number of furan rings is 1. The first kappa shape index (κ1) is 26.4. The zero-order valence-electron chi connectivity index (χ0n) is 23.8. The largest absolute Gasteiger partial charge is 0.473 e. The Balaban J connectivity index is 1.17. The zero-order chi connectivity index (χ0) is 28.0. The minimum atomic E-state index is -0.522. The number of nitrogens with zero attached hydrogens (tertiary/aromatic N) is 6. The second kappa shape index (κ2) is 10.3. The van der Waals surface area contributed by atoms with Crippen LogP contribution >= 0.6 is 0 Å². The van der Waals surface area contributed by atoms with Gasteiger partial charge in [-0.05, 0) is 71.9 Å². The summed E-state index contributed by atoms with van der Waals surface area (Å²) in [4.78, 5) is 25.9. The molecule has 212 valence electrons. The summed E-state index contributed by atoms with van der Waals surface area (Å²) in [5.41, 5.74) is 1.69. The van der Waals surface area contributed by atoms with Gasteiger partial charge in [0.25, 0.3) is 0 Å². The normalized spacial score (nSPS) is 20.4. The van der Waals surface area contributed by atoms with E-state index in [0.29, 0.717) is 36.2 Å². The van der Waals surface area contributed by atoms with Crippen LogP contribution in [0.4, 0.5) is 10.6 Å². The van der Waals surface area contributed by atoms with Crippen molar-refractivity contribution in [3.8, 4) is 17.3 Å². The van der Waals surface area contributed by atoms with Crippen molar-refractivity contribution in [1.82, 2.24) is 29.8 Å². The van der Waals surface area contributed by atoms with E-state index in [4.69, 9.17) is 24.0 Å². The molecule has 11 heteroatoms. The number of aromatic nitrogens is 4. The fraction of sp³-hybridized carbons (Fsp3) is 0.517. The predicted molar refractivity (Wildman–Crippen MR) is 152 cm³/mol. The van der Waals surface area contributed by atoms with Gasteiger partial charge in [0.15, 0.2) is 11.4 Å². The second-order valence-corrected chi connectivity index (χ2v) is 11.9. The highest BCUT2D eigenvalue weighted by Gasteiger charge is 2.33. The highest BCUT2D eigenvalue weighted by Crippen LogP contribution is 2.34. The van der Waals surface area contributed by atoms with Gasteiger partial charge in [0.05, 0.1) is 11.6 Å². The summed E-state index contributed by atoms with van der Waals surface area (Å²) in [7, 11) is 4.29. The number of alkyl carbamates (subject to hydrolysis) is 1. The van der Waals surface area contributed by atoms with Crippen molar-refractivity contribution in [2.75, 3.05) is 32.1 Å². The number of carbonyl (C=O) groups excluding carboxylic acids is 1. The molecule has 11 nitrogen and oxygen atoms in total. The van der Waals surface area contributed by atoms with Crippen LogP contribution in [0.3, 0.4) is 0 Å². The minimum Gasteiger partial charge on any atom is -0.473 e. The third-order valence-corrected chi connectivity index (χ3v) is 7.69. The molecule has 0 atom stereocenters. The van der Waals surface area contributed by atoms with Crippen molar-refractivity contribution in [3.05, 3.63) is 36.7 Å². The molecule has 40 heavy (non-hydrogen) atoms. The number of amides is 1. The summed E-state index contributed by atoms with van der Waals surface area (Å²) in [5, 5.41) is 8.57. The minimum absolute atomic E-state index is 0.0263. The number of likely N-dealkylation sites (tertiary alicyclic amines) is 1. The molecule has 0 bridgehead atoms. The molecule has 1 saturated heterocycles. The number of piperidine rings is 1. The first-order valence-corrected chi connectivity index (χ1v) is 13.9. The molecule has 1 N–H and O–H groups in total. The van der Waals surface area contributed by atoms with Gasteiger partial charge < -0.3 is 29.0 Å². The van der Waals surface area contributed by atoms with E-state index in [-0.39, 0.29) is 12.1 Å². The molecule has 0 spiro atoms. The number of anilines is 1. The van der Waals surface area contributed by atoms with Crippen LogP contribution < -0.4 is 15.0 Å². The first-order chi connectivity index (χ1) is 19.1. The number of rotatable bonds is 6. The molecule has 0 radical (unpaired) electrons. The van der Waals surface area contributed by atoms with Crippen molar-refractivity contribution in [2.24, 2.45) is 0 Å². The van der Waals surface area contributed by atoms with E-state index in [1.54, 1.807) is 16.9 Å². The van der Waals surface area contributed by atoms with Crippen LogP contribution in [0.2, 0.25) is 0 Å². The number of nitrogens with one attached hydrogen (secondary N) is 1. The molecule has 4 aromatic rings. The van der Waals surface area contributed by atoms with Gasteiger partial charge >= 0.3 is 6.09 Å². The van der Waals surface area contributed by atoms with Gasteiger partial charge in [0.2, 0.25) is 5.88 Å². The summed E-state index contributed by atoms with van der Waals surface area (Å²) >= 11 is 0. The average molecular weight is 548 g/mol. The quantitative estimate of drug-likeness (QED) is 0.373. The van der Waals surface area contributed by atoms with Crippen molar-refractivity contribution in [2.45, 2.75) is 70.2 Å². The van der Waals surface area contributed by atoms with Crippen LogP contribution in [0.5, 0.6) is 5.88 Å². The summed E-state index contributed by atoms with van der Waals surface area (Å²) < 4.78 is 19.5. The van der Waals surface area contributed by atoms with Gasteiger partial charge in [-0.1, -0.05) is 0 Å². The van der Waals surface area contributed by atoms with E-state index in [1.165, 1.54) is 0 Å². The van der Waals surface area contributed by atoms with Gasteiger partial charge in [-0.25, -0.2) is 19.3 Å². The Labute approximate surface area is 233 Å². The van der Waals surface area contributed by atoms with E-state index in [9.17, 15) is 4.79 Å². The Kier molecular flexibility index (Phi) is 6.77. The Morgan fingerprint density at radius 3 is 2.67 bits per heavy atom. The third-order valence-electron chi connectivity index (χ3n) is 7.69. The molecule has 1 amide bonds. The number of carbonyl (C=O) groups is 1. The molecule has 1 aliphatic heterocycles. The van der Waals surface area contributed by atoms with Gasteiger partial charge in [-0.3, -0.25) is 0 Å². The lowest BCUT2D eigenvalue weighted by atomic mass is 9.89. The molecule has 0 unspecified atom stereocenters. The van der Waals surface area contributed by atoms with E-state index in [2.05, 4.69) is 34.2 Å². The van der Waals surface area contributed by atoms with Gasteiger partial charge in [-0.15, -0.1) is 5.10 Å². The highest BCUT2D eigenvalue weighted by molar-refractivity contribution is 5.92. The molecule has 2 fully saturated rings. The molecular formula is C29H37N7O4. The van der Waals surface area contributed by atoms with E-state index >= 15 is 0 Å². The fourth-order valence-corrected chi connectivity index (χ4v) is 5.42. The summed E-state index contributed by atoms with van der Waals surface area (Å²) in [6.45, 7) is 7.72. The van der Waals surface area contributed by atoms with E-state index in [0.717, 1.165) is 48.4 Å². The number of fused-ring (bicyclic) bond motifs is 2. The molecule has 1 saturated carbocycles. The highest BCUT2D eigenvalue weighted by atomic mass is 16.6. The van der Waals surface area contributed by atoms with Crippen molar-refractivity contribution < 1.29 is 18.7 Å². The number of hydrogen-bond acceptors (Lipinski definition) is 9. The number of ether oxygens (including phenoxy) is 2. The Bertz CT molecular complexity index is 1510. The van der Waals surface area contributed by atoms with Crippen LogP contribution in [0.15, 0.2) is 41.1 Å². The predicted octanol–water partition coefficient (Wildman–Crippen LogP) is 4.50. The fourth-order valence-electron chi connectivity index (χ4n) is 5.42. The van der Waals surface area contributed by atoms with Crippen molar-refractivity contribution in [3.63, 3.8) is 0 Å². The van der Waals surface area contributed by atoms with Gasteiger partial charge in [0, 0.05) is 44.2 Å². The molecule has 2 aliphatic rings. The van der Waals surface area contributed by atoms with E-state index < -0.39 is 11.7 Å². The van der Waals surface area contributed by atoms with E-state index in [1.807, 2.05) is 45.0 Å². The topological polar surface area (TPSA) is 110 Å². The summed E-state index contributed by atoms with van der Waals surface area (Å²) in [6.07, 6.45) is 6.73. The van der Waals surface area contributed by atoms with Gasteiger partial charge in [0.1, 0.15) is 28.8 Å². The molecule has 4 aromatic heterocycles. The van der Waals surface area contributed by atoms with Crippen LogP contribution in [-0.4, -0.2) is 81.5 Å². The molecule has 5 heterocycles. The Morgan fingerprint density at radius 1 is 1.15 bits per heavy atom. The number of hydrogen-bond donors (Lipinski definition) is 1. The molecule has 6 rings (SSSR count). The first-order valence-electron chi connectivity index (χ1n) is 13.9. The lowest BCUT2D eigenvalue weighted by Crippen LogP contribution is -2.50. The maximum absolute atomic E-state index is 12.0. The number of imidazole rings is 1. The summed E-state index contributed by atoms with van der Waals surface area (Å²) in [6, 6.07) is 8.09. The molecule has 1 aliphatic carbocycles. The third kappa shape index (κ3) is 5.42. The average Bonchev–Trinajstić information content (AvgIpc) is 3.50. The standard InChI is InChI=1S/C29H37N7O4/c1-29(2,3)40-28(37)32-18-14-20(15-18)38-26-7-6-25-31-17-22(36(25)33-26)24-16-21-23(39-24)8-11-30-27(21)35(5)19-9-12-34(4)13-10-19/h6-8,11,16-20H,9-10,12-15H2,1-5H3,(H,32,37). The molecule has 0 aromatic carbocycles.